The van der Waals surface area contributed by atoms with Crippen LogP contribution in [0.1, 0.15) is 17.3 Å². The lowest BCUT2D eigenvalue weighted by Gasteiger charge is -2.04. The molecule has 0 fully saturated rings. The molecule has 1 aromatic heterocycles. The molecule has 0 bridgehead atoms. The largest absolute Gasteiger partial charge is 0.295 e. The molecule has 0 radical (unpaired) electrons. The predicted octanol–water partition coefficient (Wildman–Crippen LogP) is 4.10. The van der Waals surface area contributed by atoms with E-state index in [1.807, 2.05) is 48.7 Å². The van der Waals surface area contributed by atoms with E-state index in [4.69, 9.17) is 0 Å². The Balaban J connectivity index is 2.06. The standard InChI is InChI=1S/C17H13NO/c1-12(19)13-6-8-14(9-7-13)17-10-15-4-2-3-5-16(15)11-18-17/h2-11H,1H3. The maximum absolute atomic E-state index is 11.3. The molecule has 1 heterocycles. The van der Waals surface area contributed by atoms with Crippen LogP contribution in [0.25, 0.3) is 22.0 Å². The van der Waals surface area contributed by atoms with Crippen molar-refractivity contribution < 1.29 is 4.79 Å². The molecule has 0 aliphatic rings. The number of Topliss-reactive ketones (excluding diaryl/α,β-unsaturated/α-hetero) is 1. The number of aromatic nitrogens is 1. The van der Waals surface area contributed by atoms with Crippen molar-refractivity contribution in [2.24, 2.45) is 0 Å². The SMILES string of the molecule is CC(=O)c1ccc(-c2cc3ccccc3cn2)cc1. The number of hydrogen-bond acceptors (Lipinski definition) is 2. The van der Waals surface area contributed by atoms with Crippen molar-refractivity contribution in [2.75, 3.05) is 0 Å². The number of carbonyl (C=O) groups excluding carboxylic acids is 1. The van der Waals surface area contributed by atoms with Gasteiger partial charge in [-0.05, 0) is 18.4 Å². The van der Waals surface area contributed by atoms with E-state index in [0.29, 0.717) is 0 Å². The van der Waals surface area contributed by atoms with E-state index in [2.05, 4.69) is 17.1 Å². The minimum atomic E-state index is 0.0815. The Bertz CT molecular complexity index is 745. The van der Waals surface area contributed by atoms with Gasteiger partial charge in [0.2, 0.25) is 0 Å². The number of carbonyl (C=O) groups is 1. The number of rotatable bonds is 2. The Kier molecular flexibility index (Phi) is 2.84. The van der Waals surface area contributed by atoms with Crippen LogP contribution in [-0.4, -0.2) is 10.8 Å². The van der Waals surface area contributed by atoms with E-state index >= 15 is 0 Å². The summed E-state index contributed by atoms with van der Waals surface area (Å²) in [6.07, 6.45) is 1.88. The zero-order valence-corrected chi connectivity index (χ0v) is 10.6. The molecule has 0 unspecified atom stereocenters. The third-order valence-corrected chi connectivity index (χ3v) is 3.22. The first-order valence-corrected chi connectivity index (χ1v) is 6.20. The van der Waals surface area contributed by atoms with Crippen LogP contribution in [0.5, 0.6) is 0 Å². The molecule has 92 valence electrons. The molecule has 2 aromatic carbocycles. The fraction of sp³-hybridized carbons (Fsp3) is 0.0588. The molecular formula is C17H13NO. The Morgan fingerprint density at radius 3 is 2.32 bits per heavy atom. The van der Waals surface area contributed by atoms with Gasteiger partial charge in [-0.25, -0.2) is 0 Å². The van der Waals surface area contributed by atoms with Crippen LogP contribution < -0.4 is 0 Å². The summed E-state index contributed by atoms with van der Waals surface area (Å²) >= 11 is 0. The average Bonchev–Trinajstić information content (AvgIpc) is 2.47. The first kappa shape index (κ1) is 11.6. The van der Waals surface area contributed by atoms with E-state index in [-0.39, 0.29) is 5.78 Å². The number of fused-ring (bicyclic) bond motifs is 1. The Labute approximate surface area is 111 Å². The van der Waals surface area contributed by atoms with E-state index in [9.17, 15) is 4.79 Å². The number of benzene rings is 2. The average molecular weight is 247 g/mol. The summed E-state index contributed by atoms with van der Waals surface area (Å²) in [6, 6.07) is 17.8. The molecule has 0 saturated heterocycles. The Hall–Kier alpha value is -2.48. The second kappa shape index (κ2) is 4.65. The van der Waals surface area contributed by atoms with Gasteiger partial charge >= 0.3 is 0 Å². The van der Waals surface area contributed by atoms with Gasteiger partial charge in [0.05, 0.1) is 5.69 Å². The third kappa shape index (κ3) is 2.25. The van der Waals surface area contributed by atoms with Gasteiger partial charge in [-0.2, -0.15) is 0 Å². The molecule has 2 heteroatoms. The van der Waals surface area contributed by atoms with Crippen LogP contribution >= 0.6 is 0 Å². The summed E-state index contributed by atoms with van der Waals surface area (Å²) < 4.78 is 0. The molecule has 19 heavy (non-hydrogen) atoms. The van der Waals surface area contributed by atoms with Gasteiger partial charge < -0.3 is 0 Å². The normalized spacial score (nSPS) is 10.6. The van der Waals surface area contributed by atoms with Crippen LogP contribution in [-0.2, 0) is 0 Å². The van der Waals surface area contributed by atoms with E-state index < -0.39 is 0 Å². The van der Waals surface area contributed by atoms with Gasteiger partial charge in [0.25, 0.3) is 0 Å². The zero-order valence-electron chi connectivity index (χ0n) is 10.6. The maximum Gasteiger partial charge on any atom is 0.159 e. The summed E-state index contributed by atoms with van der Waals surface area (Å²) in [5.41, 5.74) is 2.68. The highest BCUT2D eigenvalue weighted by Crippen LogP contribution is 2.22. The lowest BCUT2D eigenvalue weighted by Crippen LogP contribution is -1.91. The van der Waals surface area contributed by atoms with Crippen molar-refractivity contribution in [3.8, 4) is 11.3 Å². The summed E-state index contributed by atoms with van der Waals surface area (Å²) in [4.78, 5) is 15.7. The molecule has 0 spiro atoms. The molecule has 0 aliphatic carbocycles. The van der Waals surface area contributed by atoms with Crippen molar-refractivity contribution in [1.82, 2.24) is 4.98 Å². The number of pyridine rings is 1. The first-order valence-electron chi connectivity index (χ1n) is 6.20. The Morgan fingerprint density at radius 1 is 0.947 bits per heavy atom. The number of hydrogen-bond donors (Lipinski definition) is 0. The van der Waals surface area contributed by atoms with Crippen molar-refractivity contribution >= 4 is 16.6 Å². The molecule has 0 saturated carbocycles. The molecule has 2 nitrogen and oxygen atoms in total. The van der Waals surface area contributed by atoms with Crippen molar-refractivity contribution in [2.45, 2.75) is 6.92 Å². The second-order valence-electron chi connectivity index (χ2n) is 4.55. The van der Waals surface area contributed by atoms with Gasteiger partial charge in [-0.3, -0.25) is 9.78 Å². The fourth-order valence-electron chi connectivity index (χ4n) is 2.12. The summed E-state index contributed by atoms with van der Waals surface area (Å²) in [7, 11) is 0. The summed E-state index contributed by atoms with van der Waals surface area (Å²) in [5, 5.41) is 2.30. The highest BCUT2D eigenvalue weighted by Gasteiger charge is 2.03. The van der Waals surface area contributed by atoms with Crippen LogP contribution in [0.15, 0.2) is 60.8 Å². The number of nitrogens with zero attached hydrogens (tertiary/aromatic N) is 1. The molecule has 0 atom stereocenters. The highest BCUT2D eigenvalue weighted by molar-refractivity contribution is 5.94. The van der Waals surface area contributed by atoms with E-state index in [1.165, 1.54) is 5.39 Å². The lowest BCUT2D eigenvalue weighted by atomic mass is 10.0. The van der Waals surface area contributed by atoms with Gasteiger partial charge in [-0.15, -0.1) is 0 Å². The number of ketones is 1. The van der Waals surface area contributed by atoms with Crippen molar-refractivity contribution in [3.63, 3.8) is 0 Å². The van der Waals surface area contributed by atoms with Gasteiger partial charge in [0, 0.05) is 22.7 Å². The molecule has 3 aromatic rings. The van der Waals surface area contributed by atoms with Crippen LogP contribution in [0, 0.1) is 0 Å². The van der Waals surface area contributed by atoms with Gasteiger partial charge in [0.15, 0.2) is 5.78 Å². The van der Waals surface area contributed by atoms with Gasteiger partial charge in [-0.1, -0.05) is 48.5 Å². The van der Waals surface area contributed by atoms with E-state index in [1.54, 1.807) is 6.92 Å². The molecule has 0 amide bonds. The maximum atomic E-state index is 11.3. The Morgan fingerprint density at radius 2 is 1.63 bits per heavy atom. The third-order valence-electron chi connectivity index (χ3n) is 3.22. The van der Waals surface area contributed by atoms with Crippen LogP contribution in [0.2, 0.25) is 0 Å². The minimum Gasteiger partial charge on any atom is -0.295 e. The fourth-order valence-corrected chi connectivity index (χ4v) is 2.12. The topological polar surface area (TPSA) is 30.0 Å². The molecule has 3 rings (SSSR count). The predicted molar refractivity (Wildman–Crippen MR) is 77.2 cm³/mol. The zero-order chi connectivity index (χ0) is 13.2. The molecule has 0 N–H and O–H groups in total. The lowest BCUT2D eigenvalue weighted by molar-refractivity contribution is 0.101. The van der Waals surface area contributed by atoms with Gasteiger partial charge in [0.1, 0.15) is 0 Å². The molecule has 0 aliphatic heterocycles. The minimum absolute atomic E-state index is 0.0815. The summed E-state index contributed by atoms with van der Waals surface area (Å²) in [5.74, 6) is 0.0815. The highest BCUT2D eigenvalue weighted by atomic mass is 16.1. The van der Waals surface area contributed by atoms with E-state index in [0.717, 1.165) is 22.2 Å². The molecular weight excluding hydrogens is 234 g/mol. The monoisotopic (exact) mass is 247 g/mol. The quantitative estimate of drug-likeness (QED) is 0.638. The van der Waals surface area contributed by atoms with Crippen molar-refractivity contribution in [1.29, 1.82) is 0 Å². The van der Waals surface area contributed by atoms with Crippen LogP contribution in [0.4, 0.5) is 0 Å². The van der Waals surface area contributed by atoms with Crippen LogP contribution in [0.3, 0.4) is 0 Å². The summed E-state index contributed by atoms with van der Waals surface area (Å²) in [6.45, 7) is 1.57. The second-order valence-corrected chi connectivity index (χ2v) is 4.55. The van der Waals surface area contributed by atoms with Crippen molar-refractivity contribution in [3.05, 3.63) is 66.4 Å². The smallest absolute Gasteiger partial charge is 0.159 e. The first-order chi connectivity index (χ1) is 9.24.